The lowest BCUT2D eigenvalue weighted by Gasteiger charge is -2.36. The molecule has 116 valence electrons. The molecule has 1 aliphatic heterocycles. The molecule has 0 bridgehead atoms. The zero-order valence-electron chi connectivity index (χ0n) is 13.4. The number of hydrogen-bond donors (Lipinski definition) is 0. The van der Waals surface area contributed by atoms with Crippen LogP contribution in [0.5, 0.6) is 0 Å². The van der Waals surface area contributed by atoms with Gasteiger partial charge in [-0.3, -0.25) is 0 Å². The molecule has 1 aliphatic rings. The van der Waals surface area contributed by atoms with E-state index in [1.807, 2.05) is 12.1 Å². The minimum absolute atomic E-state index is 0.0396. The summed E-state index contributed by atoms with van der Waals surface area (Å²) in [6.07, 6.45) is 0.855. The minimum atomic E-state index is -1.72. The smallest absolute Gasteiger partial charge is 0.192 e. The van der Waals surface area contributed by atoms with E-state index in [0.717, 1.165) is 22.2 Å². The van der Waals surface area contributed by atoms with Crippen molar-refractivity contribution < 1.29 is 9.26 Å². The molecule has 0 aliphatic carbocycles. The molecule has 2 rings (SSSR count). The highest BCUT2D eigenvalue weighted by molar-refractivity contribution is 9.10. The molecule has 5 heteroatoms. The van der Waals surface area contributed by atoms with Crippen LogP contribution in [0.2, 0.25) is 18.1 Å². The molecule has 0 N–H and O–H groups in total. The first-order valence-electron chi connectivity index (χ1n) is 7.32. The first kappa shape index (κ1) is 16.7. The van der Waals surface area contributed by atoms with Gasteiger partial charge in [0.05, 0.1) is 12.3 Å². The van der Waals surface area contributed by atoms with E-state index in [-0.39, 0.29) is 11.1 Å². The summed E-state index contributed by atoms with van der Waals surface area (Å²) < 4.78 is 7.29. The SMILES string of the molecule is CC(C)(C)[Si](C)(C)OCC1CC(c2ccc(Br)cc2)=NO1. The molecule has 21 heavy (non-hydrogen) atoms. The fraction of sp³-hybridized carbons (Fsp3) is 0.562. The van der Waals surface area contributed by atoms with Gasteiger partial charge < -0.3 is 9.26 Å². The van der Waals surface area contributed by atoms with Gasteiger partial charge in [0.2, 0.25) is 0 Å². The zero-order valence-corrected chi connectivity index (χ0v) is 16.0. The lowest BCUT2D eigenvalue weighted by Crippen LogP contribution is -2.42. The van der Waals surface area contributed by atoms with Crippen molar-refractivity contribution in [2.75, 3.05) is 6.61 Å². The summed E-state index contributed by atoms with van der Waals surface area (Å²) in [7, 11) is -1.72. The third-order valence-corrected chi connectivity index (χ3v) is 9.38. The molecule has 1 aromatic rings. The van der Waals surface area contributed by atoms with E-state index in [0.29, 0.717) is 6.61 Å². The maximum absolute atomic E-state index is 6.21. The number of hydrogen-bond acceptors (Lipinski definition) is 3. The predicted molar refractivity (Wildman–Crippen MR) is 93.3 cm³/mol. The minimum Gasteiger partial charge on any atom is -0.413 e. The number of oxime groups is 1. The molecular formula is C16H24BrNO2Si. The van der Waals surface area contributed by atoms with Crippen LogP contribution in [0.3, 0.4) is 0 Å². The maximum atomic E-state index is 6.21. The van der Waals surface area contributed by atoms with Gasteiger partial charge in [0.1, 0.15) is 0 Å². The first-order valence-corrected chi connectivity index (χ1v) is 11.0. The molecular weight excluding hydrogens is 346 g/mol. The van der Waals surface area contributed by atoms with Crippen molar-refractivity contribution in [2.24, 2.45) is 5.16 Å². The van der Waals surface area contributed by atoms with E-state index in [1.165, 1.54) is 0 Å². The molecule has 0 radical (unpaired) electrons. The van der Waals surface area contributed by atoms with Crippen LogP contribution in [0, 0.1) is 0 Å². The number of rotatable bonds is 4. The highest BCUT2D eigenvalue weighted by atomic mass is 79.9. The fourth-order valence-corrected chi connectivity index (χ4v) is 3.15. The monoisotopic (exact) mass is 369 g/mol. The second kappa shape index (κ2) is 6.22. The van der Waals surface area contributed by atoms with Crippen LogP contribution < -0.4 is 0 Å². The average Bonchev–Trinajstić information content (AvgIpc) is 2.85. The van der Waals surface area contributed by atoms with Crippen LogP contribution in [-0.4, -0.2) is 26.7 Å². The number of halogens is 1. The summed E-state index contributed by atoms with van der Waals surface area (Å²) in [5.74, 6) is 0. The van der Waals surface area contributed by atoms with Gasteiger partial charge in [-0.2, -0.15) is 0 Å². The van der Waals surface area contributed by atoms with E-state index in [4.69, 9.17) is 9.26 Å². The quantitative estimate of drug-likeness (QED) is 0.701. The Hall–Kier alpha value is -0.653. The van der Waals surface area contributed by atoms with Gasteiger partial charge in [-0.05, 0) is 35.8 Å². The van der Waals surface area contributed by atoms with Crippen molar-refractivity contribution in [1.29, 1.82) is 0 Å². The third kappa shape index (κ3) is 4.17. The van der Waals surface area contributed by atoms with Crippen molar-refractivity contribution in [2.45, 2.75) is 51.4 Å². The van der Waals surface area contributed by atoms with E-state index in [9.17, 15) is 0 Å². The van der Waals surface area contributed by atoms with Crippen LogP contribution in [0.15, 0.2) is 33.9 Å². The Labute approximate surface area is 137 Å². The Bertz CT molecular complexity index is 520. The lowest BCUT2D eigenvalue weighted by molar-refractivity contribution is 0.0427. The van der Waals surface area contributed by atoms with Gasteiger partial charge in [0, 0.05) is 10.9 Å². The van der Waals surface area contributed by atoms with E-state index in [2.05, 4.69) is 67.1 Å². The van der Waals surface area contributed by atoms with Crippen LogP contribution >= 0.6 is 15.9 Å². The molecule has 1 aromatic carbocycles. The normalized spacial score (nSPS) is 19.3. The second-order valence-electron chi connectivity index (χ2n) is 7.05. The summed E-state index contributed by atoms with van der Waals surface area (Å²) >= 11 is 3.44. The largest absolute Gasteiger partial charge is 0.413 e. The van der Waals surface area contributed by atoms with Gasteiger partial charge >= 0.3 is 0 Å². The third-order valence-electron chi connectivity index (χ3n) is 4.35. The van der Waals surface area contributed by atoms with Crippen LogP contribution in [0.4, 0.5) is 0 Å². The Morgan fingerprint density at radius 3 is 2.48 bits per heavy atom. The highest BCUT2D eigenvalue weighted by Gasteiger charge is 2.38. The first-order chi connectivity index (χ1) is 9.69. The zero-order chi connectivity index (χ0) is 15.7. The van der Waals surface area contributed by atoms with Crippen molar-refractivity contribution in [1.82, 2.24) is 0 Å². The summed E-state index contributed by atoms with van der Waals surface area (Å²) in [5.41, 5.74) is 2.12. The van der Waals surface area contributed by atoms with E-state index >= 15 is 0 Å². The molecule has 0 aromatic heterocycles. The molecule has 0 saturated carbocycles. The topological polar surface area (TPSA) is 30.8 Å². The van der Waals surface area contributed by atoms with Crippen LogP contribution in [-0.2, 0) is 9.26 Å². The van der Waals surface area contributed by atoms with Crippen molar-refractivity contribution in [3.05, 3.63) is 34.3 Å². The van der Waals surface area contributed by atoms with Gasteiger partial charge in [-0.25, -0.2) is 0 Å². The number of nitrogens with zero attached hydrogens (tertiary/aromatic N) is 1. The van der Waals surface area contributed by atoms with E-state index in [1.54, 1.807) is 0 Å². The Balaban J connectivity index is 1.89. The molecule has 0 spiro atoms. The number of benzene rings is 1. The standard InChI is InChI=1S/C16H24BrNO2Si/c1-16(2,3)21(4,5)19-11-14-10-15(18-20-14)12-6-8-13(17)9-7-12/h6-9,14H,10-11H2,1-5H3. The van der Waals surface area contributed by atoms with Gasteiger partial charge in [0.15, 0.2) is 14.4 Å². The maximum Gasteiger partial charge on any atom is 0.192 e. The summed E-state index contributed by atoms with van der Waals surface area (Å²) in [6.45, 7) is 11.9. The average molecular weight is 370 g/mol. The molecule has 1 atom stereocenters. The molecule has 0 fully saturated rings. The van der Waals surface area contributed by atoms with Crippen LogP contribution in [0.1, 0.15) is 32.8 Å². The van der Waals surface area contributed by atoms with Crippen molar-refractivity contribution in [3.63, 3.8) is 0 Å². The second-order valence-corrected chi connectivity index (χ2v) is 12.8. The van der Waals surface area contributed by atoms with Gasteiger partial charge in [-0.1, -0.05) is 54.0 Å². The lowest BCUT2D eigenvalue weighted by atomic mass is 10.1. The van der Waals surface area contributed by atoms with Crippen molar-refractivity contribution in [3.8, 4) is 0 Å². The Morgan fingerprint density at radius 1 is 1.29 bits per heavy atom. The fourth-order valence-electron chi connectivity index (χ4n) is 1.85. The summed E-state index contributed by atoms with van der Waals surface area (Å²) in [4.78, 5) is 5.53. The molecule has 0 amide bonds. The van der Waals surface area contributed by atoms with Gasteiger partial charge in [0.25, 0.3) is 0 Å². The molecule has 3 nitrogen and oxygen atoms in total. The molecule has 1 unspecified atom stereocenters. The van der Waals surface area contributed by atoms with Crippen molar-refractivity contribution >= 4 is 30.0 Å². The van der Waals surface area contributed by atoms with E-state index < -0.39 is 8.32 Å². The molecule has 0 saturated heterocycles. The highest BCUT2D eigenvalue weighted by Crippen LogP contribution is 2.37. The summed E-state index contributed by atoms with van der Waals surface area (Å²) in [5, 5.41) is 4.44. The van der Waals surface area contributed by atoms with Gasteiger partial charge in [-0.15, -0.1) is 0 Å². The van der Waals surface area contributed by atoms with Crippen LogP contribution in [0.25, 0.3) is 0 Å². The predicted octanol–water partition coefficient (Wildman–Crippen LogP) is 4.96. The Morgan fingerprint density at radius 2 is 1.90 bits per heavy atom. The Kier molecular flexibility index (Phi) is 4.95. The summed E-state index contributed by atoms with van der Waals surface area (Å²) in [6, 6.07) is 8.17. The molecule has 1 heterocycles.